The molecule has 0 aliphatic carbocycles. The van der Waals surface area contributed by atoms with Gasteiger partial charge in [-0.2, -0.15) is 13.2 Å². The van der Waals surface area contributed by atoms with Gasteiger partial charge in [0, 0.05) is 16.9 Å². The lowest BCUT2D eigenvalue weighted by Gasteiger charge is -2.10. The van der Waals surface area contributed by atoms with E-state index < -0.39 is 17.7 Å². The number of halogens is 3. The average Bonchev–Trinajstić information content (AvgIpc) is 3.13. The van der Waals surface area contributed by atoms with Crippen LogP contribution in [-0.2, 0) is 23.8 Å². The molecule has 0 spiro atoms. The minimum atomic E-state index is -4.35. The van der Waals surface area contributed by atoms with E-state index in [1.165, 1.54) is 23.5 Å². The van der Waals surface area contributed by atoms with Gasteiger partial charge in [0.05, 0.1) is 17.9 Å². The van der Waals surface area contributed by atoms with Crippen molar-refractivity contribution in [3.05, 3.63) is 69.7 Å². The summed E-state index contributed by atoms with van der Waals surface area (Å²) in [6.07, 6.45) is -1.30. The van der Waals surface area contributed by atoms with Gasteiger partial charge in [-0.25, -0.2) is 4.98 Å². The van der Waals surface area contributed by atoms with Gasteiger partial charge in [0.1, 0.15) is 10.8 Å². The Hall–Kier alpha value is -2.87. The number of rotatable bonds is 10. The van der Waals surface area contributed by atoms with Crippen LogP contribution in [0.5, 0.6) is 5.75 Å². The van der Waals surface area contributed by atoms with Crippen molar-refractivity contribution >= 4 is 17.3 Å². The standard InChI is InChI=1S/C25H26F3NO3S/c1-16-15-18(6-12-21(16)32-14-4-3-5-23(30)31)7-13-22-17(2)29-24(33-22)19-8-10-20(11-9-19)25(26,27)28/h6,8-12,15H,3-5,7,13-14H2,1-2H3,(H,30,31). The second kappa shape index (κ2) is 10.8. The highest BCUT2D eigenvalue weighted by Gasteiger charge is 2.30. The zero-order valence-corrected chi connectivity index (χ0v) is 19.4. The fourth-order valence-electron chi connectivity index (χ4n) is 3.43. The zero-order chi connectivity index (χ0) is 24.0. The highest BCUT2D eigenvalue weighted by molar-refractivity contribution is 7.15. The number of aromatic nitrogens is 1. The molecule has 0 aliphatic heterocycles. The molecule has 3 aromatic rings. The van der Waals surface area contributed by atoms with Crippen LogP contribution in [-0.4, -0.2) is 22.7 Å². The Morgan fingerprint density at radius 1 is 1.06 bits per heavy atom. The van der Waals surface area contributed by atoms with Crippen molar-refractivity contribution < 1.29 is 27.8 Å². The molecule has 0 atom stereocenters. The van der Waals surface area contributed by atoms with Gasteiger partial charge in [0.2, 0.25) is 0 Å². The highest BCUT2D eigenvalue weighted by atomic mass is 32.1. The van der Waals surface area contributed by atoms with Crippen LogP contribution in [0.2, 0.25) is 0 Å². The zero-order valence-electron chi connectivity index (χ0n) is 18.5. The number of aliphatic carboxylic acids is 1. The van der Waals surface area contributed by atoms with Crippen molar-refractivity contribution in [3.63, 3.8) is 0 Å². The molecule has 0 aliphatic rings. The number of nitrogens with zero attached hydrogens (tertiary/aromatic N) is 1. The van der Waals surface area contributed by atoms with Crippen molar-refractivity contribution in [1.29, 1.82) is 0 Å². The third-order valence-electron chi connectivity index (χ3n) is 5.27. The summed E-state index contributed by atoms with van der Waals surface area (Å²) in [4.78, 5) is 16.2. The maximum Gasteiger partial charge on any atom is 0.416 e. The van der Waals surface area contributed by atoms with Crippen LogP contribution in [0.25, 0.3) is 10.6 Å². The smallest absolute Gasteiger partial charge is 0.416 e. The van der Waals surface area contributed by atoms with Crippen LogP contribution in [0.4, 0.5) is 13.2 Å². The minimum Gasteiger partial charge on any atom is -0.493 e. The second-order valence-electron chi connectivity index (χ2n) is 7.90. The van der Waals surface area contributed by atoms with Crippen LogP contribution in [0.15, 0.2) is 42.5 Å². The highest BCUT2D eigenvalue weighted by Crippen LogP contribution is 2.33. The number of unbranched alkanes of at least 4 members (excludes halogenated alkanes) is 1. The van der Waals surface area contributed by atoms with Crippen LogP contribution in [0.1, 0.15) is 46.5 Å². The van der Waals surface area contributed by atoms with Gasteiger partial charge < -0.3 is 9.84 Å². The largest absolute Gasteiger partial charge is 0.493 e. The first-order chi connectivity index (χ1) is 15.6. The number of thiazole rings is 1. The van der Waals surface area contributed by atoms with Gasteiger partial charge in [-0.05, 0) is 68.9 Å². The first-order valence-electron chi connectivity index (χ1n) is 10.7. The molecule has 0 bridgehead atoms. The molecule has 1 aromatic heterocycles. The molecule has 4 nitrogen and oxygen atoms in total. The lowest BCUT2D eigenvalue weighted by atomic mass is 10.1. The fraction of sp³-hybridized carbons (Fsp3) is 0.360. The van der Waals surface area contributed by atoms with E-state index in [0.717, 1.165) is 57.4 Å². The molecule has 1 heterocycles. The first kappa shape index (κ1) is 24.8. The Morgan fingerprint density at radius 3 is 2.42 bits per heavy atom. The van der Waals surface area contributed by atoms with Crippen molar-refractivity contribution in [3.8, 4) is 16.3 Å². The summed E-state index contributed by atoms with van der Waals surface area (Å²) < 4.78 is 44.1. The molecular weight excluding hydrogens is 451 g/mol. The molecular formula is C25H26F3NO3S. The van der Waals surface area contributed by atoms with Crippen LogP contribution >= 0.6 is 11.3 Å². The maximum atomic E-state index is 12.8. The molecule has 0 saturated carbocycles. The van der Waals surface area contributed by atoms with E-state index in [-0.39, 0.29) is 6.42 Å². The van der Waals surface area contributed by atoms with E-state index in [9.17, 15) is 18.0 Å². The Morgan fingerprint density at radius 2 is 1.79 bits per heavy atom. The molecule has 2 aromatic carbocycles. The van der Waals surface area contributed by atoms with Crippen molar-refractivity contribution in [1.82, 2.24) is 4.98 Å². The van der Waals surface area contributed by atoms with E-state index in [2.05, 4.69) is 11.1 Å². The van der Waals surface area contributed by atoms with E-state index >= 15 is 0 Å². The summed E-state index contributed by atoms with van der Waals surface area (Å²) in [5, 5.41) is 9.39. The number of carboxylic acids is 1. The molecule has 3 rings (SSSR count). The Labute approximate surface area is 195 Å². The van der Waals surface area contributed by atoms with Gasteiger partial charge in [0.25, 0.3) is 0 Å². The van der Waals surface area contributed by atoms with Crippen molar-refractivity contribution in [2.24, 2.45) is 0 Å². The predicted octanol–water partition coefficient (Wildman–Crippen LogP) is 6.86. The molecule has 0 fully saturated rings. The van der Waals surface area contributed by atoms with E-state index in [1.807, 2.05) is 26.0 Å². The number of carboxylic acid groups (broad SMARTS) is 1. The van der Waals surface area contributed by atoms with Crippen molar-refractivity contribution in [2.75, 3.05) is 6.61 Å². The number of hydrogen-bond donors (Lipinski definition) is 1. The second-order valence-corrected chi connectivity index (χ2v) is 8.99. The van der Waals surface area contributed by atoms with Crippen LogP contribution in [0.3, 0.4) is 0 Å². The Balaban J connectivity index is 1.57. The summed E-state index contributed by atoms with van der Waals surface area (Å²) in [7, 11) is 0. The molecule has 176 valence electrons. The van der Waals surface area contributed by atoms with Gasteiger partial charge in [0.15, 0.2) is 0 Å². The summed E-state index contributed by atoms with van der Waals surface area (Å²) in [5.74, 6) is 0.00540. The van der Waals surface area contributed by atoms with Gasteiger partial charge in [-0.15, -0.1) is 11.3 Å². The van der Waals surface area contributed by atoms with Crippen LogP contribution < -0.4 is 4.74 Å². The predicted molar refractivity (Wildman–Crippen MR) is 123 cm³/mol. The third kappa shape index (κ3) is 7.05. The first-order valence-corrected chi connectivity index (χ1v) is 11.5. The van der Waals surface area contributed by atoms with Crippen LogP contribution in [0, 0.1) is 13.8 Å². The normalized spacial score (nSPS) is 11.5. The van der Waals surface area contributed by atoms with E-state index in [1.54, 1.807) is 0 Å². The average molecular weight is 478 g/mol. The summed E-state index contributed by atoms with van der Waals surface area (Å²) >= 11 is 1.51. The number of aryl methyl sites for hydroxylation is 4. The Kier molecular flexibility index (Phi) is 8.13. The fourth-order valence-corrected chi connectivity index (χ4v) is 4.50. The number of alkyl halides is 3. The van der Waals surface area contributed by atoms with Gasteiger partial charge in [-0.1, -0.05) is 24.3 Å². The topological polar surface area (TPSA) is 59.4 Å². The lowest BCUT2D eigenvalue weighted by molar-refractivity contribution is -0.138. The number of ether oxygens (including phenoxy) is 1. The molecule has 33 heavy (non-hydrogen) atoms. The summed E-state index contributed by atoms with van der Waals surface area (Å²) in [6.45, 7) is 4.39. The molecule has 0 unspecified atom stereocenters. The van der Waals surface area contributed by atoms with Gasteiger partial charge in [-0.3, -0.25) is 4.79 Å². The monoisotopic (exact) mass is 477 g/mol. The maximum absolute atomic E-state index is 12.8. The summed E-state index contributed by atoms with van der Waals surface area (Å²) in [6, 6.07) is 11.2. The molecule has 0 amide bonds. The number of carbonyl (C=O) groups is 1. The summed E-state index contributed by atoms with van der Waals surface area (Å²) in [5.41, 5.74) is 3.10. The SMILES string of the molecule is Cc1cc(CCc2sc(-c3ccc(C(F)(F)F)cc3)nc2C)ccc1OCCCCC(=O)O. The molecule has 1 N–H and O–H groups in total. The molecule has 0 radical (unpaired) electrons. The van der Waals surface area contributed by atoms with Gasteiger partial charge >= 0.3 is 12.1 Å². The number of hydrogen-bond acceptors (Lipinski definition) is 4. The third-order valence-corrected chi connectivity index (χ3v) is 6.54. The minimum absolute atomic E-state index is 0.152. The lowest BCUT2D eigenvalue weighted by Crippen LogP contribution is -2.03. The molecule has 8 heteroatoms. The van der Waals surface area contributed by atoms with Crippen molar-refractivity contribution in [2.45, 2.75) is 52.1 Å². The number of benzene rings is 2. The van der Waals surface area contributed by atoms with E-state index in [4.69, 9.17) is 9.84 Å². The van der Waals surface area contributed by atoms with E-state index in [0.29, 0.717) is 25.0 Å². The Bertz CT molecular complexity index is 1090. The quantitative estimate of drug-likeness (QED) is 0.324. The molecule has 0 saturated heterocycles.